The fraction of sp³-hybridized carbons (Fsp3) is 0.500. The first-order valence-corrected chi connectivity index (χ1v) is 7.41. The number of aromatic amines is 1. The summed E-state index contributed by atoms with van der Waals surface area (Å²) in [7, 11) is 0. The van der Waals surface area contributed by atoms with E-state index in [1.807, 2.05) is 32.0 Å². The number of nitrogens with one attached hydrogen (secondary N) is 1. The second-order valence-corrected chi connectivity index (χ2v) is 6.07. The van der Waals surface area contributed by atoms with Crippen molar-refractivity contribution in [2.45, 2.75) is 51.1 Å². The molecular weight excluding hydrogens is 266 g/mol. The molecule has 0 spiro atoms. The molecular formula is C16H19N3O2. The lowest BCUT2D eigenvalue weighted by Gasteiger charge is -2.22. The van der Waals surface area contributed by atoms with Gasteiger partial charge in [0.15, 0.2) is 0 Å². The van der Waals surface area contributed by atoms with E-state index in [9.17, 15) is 9.59 Å². The van der Waals surface area contributed by atoms with Crippen molar-refractivity contribution >= 4 is 17.1 Å². The molecule has 1 fully saturated rings. The molecule has 1 saturated carbocycles. The van der Waals surface area contributed by atoms with E-state index >= 15 is 0 Å². The van der Waals surface area contributed by atoms with Crippen molar-refractivity contribution in [3.8, 4) is 0 Å². The molecule has 0 bridgehead atoms. The van der Waals surface area contributed by atoms with Gasteiger partial charge in [0.05, 0.1) is 16.6 Å². The minimum absolute atomic E-state index is 0.100. The number of hydrogen-bond donors (Lipinski definition) is 1. The zero-order chi connectivity index (χ0) is 15.0. The van der Waals surface area contributed by atoms with Crippen LogP contribution in [0.25, 0.3) is 11.0 Å². The molecule has 2 aromatic rings. The van der Waals surface area contributed by atoms with E-state index in [1.54, 1.807) is 10.6 Å². The molecule has 1 aromatic carbocycles. The number of aromatic nitrogens is 2. The second kappa shape index (κ2) is 5.01. The fourth-order valence-corrected chi connectivity index (χ4v) is 3.45. The van der Waals surface area contributed by atoms with Gasteiger partial charge in [-0.3, -0.25) is 4.57 Å². The first-order valence-electron chi connectivity index (χ1n) is 7.41. The van der Waals surface area contributed by atoms with Crippen LogP contribution in [-0.2, 0) is 10.3 Å². The third-order valence-electron chi connectivity index (χ3n) is 4.46. The summed E-state index contributed by atoms with van der Waals surface area (Å²) in [6, 6.07) is 6.00. The standard InChI is InChI=1S/C16H19N3O2/c1-11(2)19-14-6-5-12(9-13(14)18-15(19)21)16(17-10-20)7-3-4-8-16/h5-6,9,11H,3-4,7-8H2,1-2H3,(H,18,21). The van der Waals surface area contributed by atoms with E-state index in [1.165, 1.54) is 0 Å². The first kappa shape index (κ1) is 13.8. The number of carbonyl (C=O) groups excluding carboxylic acids is 1. The Kier molecular flexibility index (Phi) is 3.30. The third kappa shape index (κ3) is 2.14. The molecule has 110 valence electrons. The molecule has 5 nitrogen and oxygen atoms in total. The molecule has 0 unspecified atom stereocenters. The maximum atomic E-state index is 12.0. The summed E-state index contributed by atoms with van der Waals surface area (Å²) >= 11 is 0. The number of H-pyrrole nitrogens is 1. The smallest absolute Gasteiger partial charge is 0.306 e. The Morgan fingerprint density at radius 3 is 2.67 bits per heavy atom. The molecule has 0 radical (unpaired) electrons. The maximum absolute atomic E-state index is 12.0. The van der Waals surface area contributed by atoms with Crippen molar-refractivity contribution in [1.29, 1.82) is 0 Å². The van der Waals surface area contributed by atoms with Crippen LogP contribution in [0.5, 0.6) is 0 Å². The van der Waals surface area contributed by atoms with Crippen LogP contribution in [0.1, 0.15) is 51.1 Å². The van der Waals surface area contributed by atoms with E-state index in [0.717, 1.165) is 42.3 Å². The van der Waals surface area contributed by atoms with Gasteiger partial charge >= 0.3 is 5.69 Å². The minimum atomic E-state index is -0.452. The molecule has 5 heteroatoms. The predicted octanol–water partition coefficient (Wildman–Crippen LogP) is 3.02. The summed E-state index contributed by atoms with van der Waals surface area (Å²) in [6.45, 7) is 3.97. The summed E-state index contributed by atoms with van der Waals surface area (Å²) in [5, 5.41) is 0. The van der Waals surface area contributed by atoms with Gasteiger partial charge < -0.3 is 4.98 Å². The van der Waals surface area contributed by atoms with Gasteiger partial charge in [0.25, 0.3) is 0 Å². The van der Waals surface area contributed by atoms with Crippen LogP contribution in [0.3, 0.4) is 0 Å². The van der Waals surface area contributed by atoms with Crippen LogP contribution < -0.4 is 5.69 Å². The van der Waals surface area contributed by atoms with Gasteiger partial charge in [-0.25, -0.2) is 9.59 Å². The fourth-order valence-electron chi connectivity index (χ4n) is 3.45. The van der Waals surface area contributed by atoms with Crippen molar-refractivity contribution in [1.82, 2.24) is 9.55 Å². The van der Waals surface area contributed by atoms with Gasteiger partial charge in [0, 0.05) is 6.04 Å². The molecule has 1 aromatic heterocycles. The van der Waals surface area contributed by atoms with E-state index in [2.05, 4.69) is 9.98 Å². The molecule has 21 heavy (non-hydrogen) atoms. The zero-order valence-corrected chi connectivity index (χ0v) is 12.3. The Labute approximate surface area is 122 Å². The van der Waals surface area contributed by atoms with Crippen LogP contribution in [-0.4, -0.2) is 15.6 Å². The Bertz CT molecular complexity index is 772. The highest BCUT2D eigenvalue weighted by Crippen LogP contribution is 2.42. The molecule has 0 saturated heterocycles. The number of nitrogens with zero attached hydrogens (tertiary/aromatic N) is 2. The number of aliphatic imine (C=N–C) groups is 1. The Hall–Kier alpha value is -2.13. The summed E-state index contributed by atoms with van der Waals surface area (Å²) in [5.74, 6) is 0. The van der Waals surface area contributed by atoms with Crippen molar-refractivity contribution < 1.29 is 4.79 Å². The molecule has 0 atom stereocenters. The number of fused-ring (bicyclic) bond motifs is 1. The number of rotatable bonds is 3. The number of hydrogen-bond acceptors (Lipinski definition) is 3. The van der Waals surface area contributed by atoms with E-state index in [0.29, 0.717) is 0 Å². The van der Waals surface area contributed by atoms with Gasteiger partial charge in [-0.1, -0.05) is 18.9 Å². The average Bonchev–Trinajstić information content (AvgIpc) is 3.02. The molecule has 3 rings (SSSR count). The summed E-state index contributed by atoms with van der Waals surface area (Å²) in [6.07, 6.45) is 5.58. The lowest BCUT2D eigenvalue weighted by Crippen LogP contribution is -2.19. The molecule has 0 amide bonds. The van der Waals surface area contributed by atoms with Gasteiger partial charge in [-0.15, -0.1) is 0 Å². The summed E-state index contributed by atoms with van der Waals surface area (Å²) in [4.78, 5) is 29.8. The molecule has 0 aliphatic heterocycles. The Morgan fingerprint density at radius 1 is 1.33 bits per heavy atom. The molecule has 1 N–H and O–H groups in total. The van der Waals surface area contributed by atoms with Crippen molar-refractivity contribution in [2.75, 3.05) is 0 Å². The van der Waals surface area contributed by atoms with E-state index < -0.39 is 5.54 Å². The molecule has 1 aliphatic rings. The number of benzene rings is 1. The second-order valence-electron chi connectivity index (χ2n) is 6.07. The largest absolute Gasteiger partial charge is 0.326 e. The maximum Gasteiger partial charge on any atom is 0.326 e. The van der Waals surface area contributed by atoms with E-state index in [4.69, 9.17) is 0 Å². The quantitative estimate of drug-likeness (QED) is 0.695. The lowest BCUT2D eigenvalue weighted by molar-refractivity contribution is 0.456. The predicted molar refractivity (Wildman–Crippen MR) is 81.2 cm³/mol. The van der Waals surface area contributed by atoms with E-state index in [-0.39, 0.29) is 11.7 Å². The van der Waals surface area contributed by atoms with Crippen LogP contribution in [0.2, 0.25) is 0 Å². The average molecular weight is 285 g/mol. The Balaban J connectivity index is 2.18. The molecule has 1 heterocycles. The van der Waals surface area contributed by atoms with Crippen LogP contribution in [0.15, 0.2) is 28.0 Å². The zero-order valence-electron chi connectivity index (χ0n) is 12.3. The van der Waals surface area contributed by atoms with Gasteiger partial charge in [-0.05, 0) is 44.4 Å². The third-order valence-corrected chi connectivity index (χ3v) is 4.46. The summed E-state index contributed by atoms with van der Waals surface area (Å²) in [5.41, 5.74) is 2.14. The van der Waals surface area contributed by atoms with Gasteiger partial charge in [0.2, 0.25) is 6.08 Å². The van der Waals surface area contributed by atoms with Crippen molar-refractivity contribution in [3.63, 3.8) is 0 Å². The van der Waals surface area contributed by atoms with Crippen LogP contribution in [0.4, 0.5) is 0 Å². The SMILES string of the molecule is CC(C)n1c(=O)[nH]c2cc(C3(N=C=O)CCCC3)ccc21. The first-order chi connectivity index (χ1) is 10.1. The normalized spacial score (nSPS) is 17.3. The number of imidazole rings is 1. The Morgan fingerprint density at radius 2 is 2.05 bits per heavy atom. The van der Waals surface area contributed by atoms with Crippen molar-refractivity contribution in [2.24, 2.45) is 4.99 Å². The molecule has 1 aliphatic carbocycles. The van der Waals surface area contributed by atoms with Gasteiger partial charge in [-0.2, -0.15) is 4.99 Å². The highest BCUT2D eigenvalue weighted by atomic mass is 16.1. The number of isocyanates is 1. The monoisotopic (exact) mass is 285 g/mol. The highest BCUT2D eigenvalue weighted by molar-refractivity contribution is 5.76. The minimum Gasteiger partial charge on any atom is -0.306 e. The topological polar surface area (TPSA) is 67.2 Å². The van der Waals surface area contributed by atoms with Gasteiger partial charge in [0.1, 0.15) is 0 Å². The highest BCUT2D eigenvalue weighted by Gasteiger charge is 2.35. The van der Waals surface area contributed by atoms with Crippen molar-refractivity contribution in [3.05, 3.63) is 34.2 Å². The lowest BCUT2D eigenvalue weighted by atomic mass is 9.89. The summed E-state index contributed by atoms with van der Waals surface area (Å²) < 4.78 is 1.74. The van der Waals surface area contributed by atoms with Crippen LogP contribution in [0, 0.1) is 0 Å². The van der Waals surface area contributed by atoms with Crippen LogP contribution >= 0.6 is 0 Å².